The van der Waals surface area contributed by atoms with Crippen molar-refractivity contribution in [2.24, 2.45) is 5.92 Å². The van der Waals surface area contributed by atoms with Crippen molar-refractivity contribution in [3.8, 4) is 16.9 Å². The van der Waals surface area contributed by atoms with E-state index in [1.165, 1.54) is 11.8 Å². The van der Waals surface area contributed by atoms with E-state index in [1.807, 2.05) is 68.4 Å². The second-order valence-electron chi connectivity index (χ2n) is 9.85. The summed E-state index contributed by atoms with van der Waals surface area (Å²) in [7, 11) is 0. The summed E-state index contributed by atoms with van der Waals surface area (Å²) in [6.45, 7) is 5.55. The van der Waals surface area contributed by atoms with E-state index in [-0.39, 0.29) is 37.0 Å². The van der Waals surface area contributed by atoms with Crippen LogP contribution in [0.3, 0.4) is 0 Å². The molecule has 3 amide bonds. The van der Waals surface area contributed by atoms with Crippen molar-refractivity contribution in [2.75, 3.05) is 18.4 Å². The summed E-state index contributed by atoms with van der Waals surface area (Å²) in [5.41, 5.74) is 3.19. The second kappa shape index (κ2) is 14.5. The van der Waals surface area contributed by atoms with Crippen molar-refractivity contribution in [1.29, 1.82) is 0 Å². The minimum absolute atomic E-state index is 0.0310. The highest BCUT2D eigenvalue weighted by Crippen LogP contribution is 2.24. The van der Waals surface area contributed by atoms with Crippen molar-refractivity contribution >= 4 is 29.6 Å². The first-order valence-electron chi connectivity index (χ1n) is 13.1. The van der Waals surface area contributed by atoms with Gasteiger partial charge in [0.2, 0.25) is 5.91 Å². The lowest BCUT2D eigenvalue weighted by Gasteiger charge is -2.26. The van der Waals surface area contributed by atoms with Gasteiger partial charge in [-0.3, -0.25) is 9.59 Å². The van der Waals surface area contributed by atoms with Gasteiger partial charge in [-0.25, -0.2) is 9.59 Å². The Bertz CT molecular complexity index is 1310. The predicted octanol–water partition coefficient (Wildman–Crippen LogP) is 4.97. The third-order valence-electron chi connectivity index (χ3n) is 5.98. The van der Waals surface area contributed by atoms with Gasteiger partial charge in [0.05, 0.1) is 12.1 Å². The summed E-state index contributed by atoms with van der Waals surface area (Å²) in [5, 5.41) is 15.0. The number of hydrogen-bond donors (Lipinski definition) is 3. The number of carboxylic acids is 1. The number of nitrogens with one attached hydrogen (secondary N) is 2. The standard InChI is InChI=1S/C31H35N3O6/c1-21(2)20-34(18-17-29(36)40-28-12-8-7-11-26(28)32-22(3)35)31(39)33-27(30(37)38)19-23-13-15-25(16-14-23)24-9-5-4-6-10-24/h4-16,21,27H,17-20H2,1-3H3,(H,32,35)(H,33,39)(H,37,38)/t27-/m0/s1. The number of ether oxygens (including phenoxy) is 1. The molecule has 0 aromatic heterocycles. The minimum atomic E-state index is -1.15. The lowest BCUT2D eigenvalue weighted by molar-refractivity contribution is -0.139. The van der Waals surface area contributed by atoms with Crippen molar-refractivity contribution in [1.82, 2.24) is 10.2 Å². The highest BCUT2D eigenvalue weighted by Gasteiger charge is 2.25. The van der Waals surface area contributed by atoms with E-state index >= 15 is 0 Å². The zero-order chi connectivity index (χ0) is 29.1. The quantitative estimate of drug-likeness (QED) is 0.218. The fourth-order valence-corrected chi connectivity index (χ4v) is 4.10. The van der Waals surface area contributed by atoms with Crippen LogP contribution in [0.2, 0.25) is 0 Å². The highest BCUT2D eigenvalue weighted by molar-refractivity contribution is 5.91. The van der Waals surface area contributed by atoms with Gasteiger partial charge in [-0.1, -0.05) is 80.6 Å². The van der Waals surface area contributed by atoms with Gasteiger partial charge in [0.25, 0.3) is 0 Å². The molecule has 210 valence electrons. The number of benzene rings is 3. The topological polar surface area (TPSA) is 125 Å². The Morgan fingerprint density at radius 2 is 1.50 bits per heavy atom. The van der Waals surface area contributed by atoms with E-state index in [0.717, 1.165) is 16.7 Å². The number of para-hydroxylation sites is 2. The van der Waals surface area contributed by atoms with Gasteiger partial charge in [0, 0.05) is 26.4 Å². The molecule has 1 atom stereocenters. The summed E-state index contributed by atoms with van der Waals surface area (Å²) in [6, 6.07) is 22.2. The number of hydrogen-bond acceptors (Lipinski definition) is 5. The van der Waals surface area contributed by atoms with Gasteiger partial charge in [-0.15, -0.1) is 0 Å². The van der Waals surface area contributed by atoms with Crippen LogP contribution in [-0.2, 0) is 20.8 Å². The molecule has 0 unspecified atom stereocenters. The van der Waals surface area contributed by atoms with E-state index in [4.69, 9.17) is 4.74 Å². The van der Waals surface area contributed by atoms with Crippen LogP contribution in [0.25, 0.3) is 11.1 Å². The molecule has 0 heterocycles. The van der Waals surface area contributed by atoms with E-state index in [2.05, 4.69) is 10.6 Å². The first-order valence-corrected chi connectivity index (χ1v) is 13.1. The number of carbonyl (C=O) groups excluding carboxylic acids is 3. The number of anilines is 1. The smallest absolute Gasteiger partial charge is 0.326 e. The molecule has 0 saturated carbocycles. The van der Waals surface area contributed by atoms with Crippen LogP contribution in [0.15, 0.2) is 78.9 Å². The molecule has 3 N–H and O–H groups in total. The Hall–Kier alpha value is -4.66. The van der Waals surface area contributed by atoms with Crippen molar-refractivity contribution in [2.45, 2.75) is 39.7 Å². The van der Waals surface area contributed by atoms with Crippen LogP contribution >= 0.6 is 0 Å². The summed E-state index contributed by atoms with van der Waals surface area (Å²) >= 11 is 0. The molecule has 0 aliphatic rings. The first kappa shape index (κ1) is 29.9. The maximum Gasteiger partial charge on any atom is 0.326 e. The van der Waals surface area contributed by atoms with Crippen LogP contribution in [-0.4, -0.2) is 53.0 Å². The van der Waals surface area contributed by atoms with Crippen LogP contribution in [0.5, 0.6) is 5.75 Å². The molecule has 0 spiro atoms. The van der Waals surface area contributed by atoms with Crippen molar-refractivity contribution in [3.63, 3.8) is 0 Å². The number of amides is 3. The van der Waals surface area contributed by atoms with Crippen LogP contribution in [0.1, 0.15) is 32.8 Å². The molecular formula is C31H35N3O6. The van der Waals surface area contributed by atoms with Gasteiger partial charge in [-0.2, -0.15) is 0 Å². The average Bonchev–Trinajstić information content (AvgIpc) is 2.92. The number of urea groups is 1. The van der Waals surface area contributed by atoms with Crippen LogP contribution < -0.4 is 15.4 Å². The molecule has 9 heteroatoms. The van der Waals surface area contributed by atoms with Gasteiger partial charge >= 0.3 is 18.0 Å². The molecular weight excluding hydrogens is 510 g/mol. The number of aliphatic carboxylic acids is 1. The molecule has 0 radical (unpaired) electrons. The second-order valence-corrected chi connectivity index (χ2v) is 9.85. The van der Waals surface area contributed by atoms with Gasteiger partial charge in [0.1, 0.15) is 6.04 Å². The van der Waals surface area contributed by atoms with Crippen molar-refractivity contribution < 1.29 is 29.0 Å². The Morgan fingerprint density at radius 3 is 2.12 bits per heavy atom. The molecule has 40 heavy (non-hydrogen) atoms. The maximum absolute atomic E-state index is 13.1. The summed E-state index contributed by atoms with van der Waals surface area (Å²) in [6.07, 6.45) is -0.0130. The van der Waals surface area contributed by atoms with E-state index in [0.29, 0.717) is 12.2 Å². The Balaban J connectivity index is 1.62. The summed E-state index contributed by atoms with van der Waals surface area (Å²) in [5.74, 6) is -1.77. The molecule has 3 aromatic rings. The summed E-state index contributed by atoms with van der Waals surface area (Å²) < 4.78 is 5.42. The fraction of sp³-hybridized carbons (Fsp3) is 0.290. The predicted molar refractivity (Wildman–Crippen MR) is 153 cm³/mol. The third kappa shape index (κ3) is 9.27. The molecule has 0 fully saturated rings. The molecule has 9 nitrogen and oxygen atoms in total. The zero-order valence-corrected chi connectivity index (χ0v) is 22.9. The molecule has 0 saturated heterocycles. The van der Waals surface area contributed by atoms with Crippen LogP contribution in [0, 0.1) is 5.92 Å². The lowest BCUT2D eigenvalue weighted by atomic mass is 10.0. The number of nitrogens with zero attached hydrogens (tertiary/aromatic N) is 1. The van der Waals surface area contributed by atoms with E-state index in [1.54, 1.807) is 24.3 Å². The van der Waals surface area contributed by atoms with Crippen LogP contribution in [0.4, 0.5) is 10.5 Å². The van der Waals surface area contributed by atoms with Gasteiger partial charge < -0.3 is 25.4 Å². The highest BCUT2D eigenvalue weighted by atomic mass is 16.5. The van der Waals surface area contributed by atoms with E-state index in [9.17, 15) is 24.3 Å². The number of esters is 1. The monoisotopic (exact) mass is 545 g/mol. The van der Waals surface area contributed by atoms with Gasteiger partial charge in [0.15, 0.2) is 5.75 Å². The molecule has 0 aliphatic carbocycles. The molecule has 0 bridgehead atoms. The molecule has 3 rings (SSSR count). The minimum Gasteiger partial charge on any atom is -0.480 e. The Labute approximate surface area is 234 Å². The molecule has 3 aromatic carbocycles. The fourth-order valence-electron chi connectivity index (χ4n) is 4.10. The average molecular weight is 546 g/mol. The third-order valence-corrected chi connectivity index (χ3v) is 5.98. The SMILES string of the molecule is CC(=O)Nc1ccccc1OC(=O)CCN(CC(C)C)C(=O)N[C@@H](Cc1ccc(-c2ccccc2)cc1)C(=O)O. The lowest BCUT2D eigenvalue weighted by Crippen LogP contribution is -2.50. The van der Waals surface area contributed by atoms with E-state index < -0.39 is 24.0 Å². The first-order chi connectivity index (χ1) is 19.1. The number of carbonyl (C=O) groups is 4. The summed E-state index contributed by atoms with van der Waals surface area (Å²) in [4.78, 5) is 50.6. The largest absolute Gasteiger partial charge is 0.480 e. The number of rotatable bonds is 12. The van der Waals surface area contributed by atoms with Gasteiger partial charge in [-0.05, 0) is 34.7 Å². The zero-order valence-electron chi connectivity index (χ0n) is 22.9. The Morgan fingerprint density at radius 1 is 0.875 bits per heavy atom. The Kier molecular flexibility index (Phi) is 10.8. The normalized spacial score (nSPS) is 11.4. The molecule has 0 aliphatic heterocycles. The maximum atomic E-state index is 13.1. The van der Waals surface area contributed by atoms with Crippen molar-refractivity contribution in [3.05, 3.63) is 84.4 Å². The number of carboxylic acid groups (broad SMARTS) is 1.